The maximum absolute atomic E-state index is 9.62. The van der Waals surface area contributed by atoms with Crippen LogP contribution in [0.2, 0.25) is 0 Å². The SMILES string of the molecule is CC1CN(Cc2cccc(O)c2)C(C)(C2CC2)CN1. The van der Waals surface area contributed by atoms with Crippen LogP contribution in [0.3, 0.4) is 0 Å². The van der Waals surface area contributed by atoms with Gasteiger partial charge in [0, 0.05) is 31.2 Å². The first-order chi connectivity index (χ1) is 9.08. The zero-order valence-corrected chi connectivity index (χ0v) is 11.9. The fourth-order valence-electron chi connectivity index (χ4n) is 3.32. The summed E-state index contributed by atoms with van der Waals surface area (Å²) in [5.74, 6) is 1.21. The topological polar surface area (TPSA) is 35.5 Å². The first-order valence-electron chi connectivity index (χ1n) is 7.34. The number of nitrogens with one attached hydrogen (secondary N) is 1. The molecule has 1 aliphatic heterocycles. The lowest BCUT2D eigenvalue weighted by Crippen LogP contribution is -2.63. The molecule has 2 N–H and O–H groups in total. The molecule has 1 aromatic rings. The summed E-state index contributed by atoms with van der Waals surface area (Å²) in [7, 11) is 0. The number of hydrogen-bond acceptors (Lipinski definition) is 3. The fraction of sp³-hybridized carbons (Fsp3) is 0.625. The van der Waals surface area contributed by atoms with Gasteiger partial charge in [-0.05, 0) is 50.3 Å². The van der Waals surface area contributed by atoms with E-state index in [9.17, 15) is 5.11 Å². The summed E-state index contributed by atoms with van der Waals surface area (Å²) in [5, 5.41) is 13.2. The van der Waals surface area contributed by atoms with Crippen molar-refractivity contribution in [2.75, 3.05) is 13.1 Å². The lowest BCUT2D eigenvalue weighted by atomic mass is 9.89. The predicted molar refractivity (Wildman–Crippen MR) is 77.1 cm³/mol. The van der Waals surface area contributed by atoms with Gasteiger partial charge in [-0.15, -0.1) is 0 Å². The quantitative estimate of drug-likeness (QED) is 0.875. The number of phenols is 1. The number of nitrogens with zero attached hydrogens (tertiary/aromatic N) is 1. The molecule has 3 rings (SSSR count). The van der Waals surface area contributed by atoms with Gasteiger partial charge < -0.3 is 10.4 Å². The number of aromatic hydroxyl groups is 1. The van der Waals surface area contributed by atoms with E-state index in [1.54, 1.807) is 6.07 Å². The highest BCUT2D eigenvalue weighted by atomic mass is 16.3. The minimum Gasteiger partial charge on any atom is -0.508 e. The lowest BCUT2D eigenvalue weighted by Gasteiger charge is -2.48. The van der Waals surface area contributed by atoms with Crippen LogP contribution in [-0.2, 0) is 6.54 Å². The van der Waals surface area contributed by atoms with Gasteiger partial charge in [-0.25, -0.2) is 0 Å². The van der Waals surface area contributed by atoms with E-state index < -0.39 is 0 Å². The van der Waals surface area contributed by atoms with Crippen LogP contribution in [0.4, 0.5) is 0 Å². The van der Waals surface area contributed by atoms with Gasteiger partial charge in [0.05, 0.1) is 0 Å². The molecule has 1 saturated carbocycles. The second kappa shape index (κ2) is 4.80. The highest BCUT2D eigenvalue weighted by molar-refractivity contribution is 5.27. The molecule has 104 valence electrons. The standard InChI is InChI=1S/C16H24N2O/c1-12-9-18(10-13-4-3-5-15(19)8-13)16(2,11-17-12)14-6-7-14/h3-5,8,12,14,17,19H,6-7,9-11H2,1-2H3. The summed E-state index contributed by atoms with van der Waals surface area (Å²) in [6.07, 6.45) is 2.73. The van der Waals surface area contributed by atoms with E-state index in [0.717, 1.165) is 25.6 Å². The van der Waals surface area contributed by atoms with Gasteiger partial charge >= 0.3 is 0 Å². The molecule has 0 radical (unpaired) electrons. The summed E-state index contributed by atoms with van der Waals surface area (Å²) < 4.78 is 0. The molecule has 1 aromatic carbocycles. The smallest absolute Gasteiger partial charge is 0.115 e. The maximum Gasteiger partial charge on any atom is 0.115 e. The Morgan fingerprint density at radius 1 is 1.42 bits per heavy atom. The molecule has 1 aliphatic carbocycles. The van der Waals surface area contributed by atoms with E-state index in [1.165, 1.54) is 18.4 Å². The van der Waals surface area contributed by atoms with Crippen LogP contribution < -0.4 is 5.32 Å². The van der Waals surface area contributed by atoms with Gasteiger partial charge in [-0.2, -0.15) is 0 Å². The van der Waals surface area contributed by atoms with Crippen LogP contribution >= 0.6 is 0 Å². The molecule has 2 fully saturated rings. The third kappa shape index (κ3) is 2.63. The van der Waals surface area contributed by atoms with Crippen LogP contribution in [-0.4, -0.2) is 34.7 Å². The molecule has 19 heavy (non-hydrogen) atoms. The van der Waals surface area contributed by atoms with Crippen molar-refractivity contribution in [1.82, 2.24) is 10.2 Å². The molecular weight excluding hydrogens is 236 g/mol. The maximum atomic E-state index is 9.62. The van der Waals surface area contributed by atoms with E-state index in [2.05, 4.69) is 30.1 Å². The number of rotatable bonds is 3. The monoisotopic (exact) mass is 260 g/mol. The van der Waals surface area contributed by atoms with E-state index in [4.69, 9.17) is 0 Å². The van der Waals surface area contributed by atoms with E-state index in [0.29, 0.717) is 11.8 Å². The molecule has 2 atom stereocenters. The van der Waals surface area contributed by atoms with Crippen molar-refractivity contribution in [2.45, 2.75) is 44.8 Å². The van der Waals surface area contributed by atoms with E-state index >= 15 is 0 Å². The van der Waals surface area contributed by atoms with E-state index in [1.807, 2.05) is 12.1 Å². The third-order valence-electron chi connectivity index (χ3n) is 4.77. The highest BCUT2D eigenvalue weighted by Gasteiger charge is 2.47. The van der Waals surface area contributed by atoms with Crippen LogP contribution in [0.25, 0.3) is 0 Å². The molecule has 1 saturated heterocycles. The summed E-state index contributed by atoms with van der Waals surface area (Å²) in [6, 6.07) is 8.22. The first kappa shape index (κ1) is 12.9. The third-order valence-corrected chi connectivity index (χ3v) is 4.77. The average molecular weight is 260 g/mol. The Morgan fingerprint density at radius 2 is 2.21 bits per heavy atom. The largest absolute Gasteiger partial charge is 0.508 e. The highest BCUT2D eigenvalue weighted by Crippen LogP contribution is 2.44. The molecule has 1 heterocycles. The van der Waals surface area contributed by atoms with Crippen molar-refractivity contribution in [3.8, 4) is 5.75 Å². The van der Waals surface area contributed by atoms with Gasteiger partial charge in [0.2, 0.25) is 0 Å². The van der Waals surface area contributed by atoms with Crippen LogP contribution in [0.1, 0.15) is 32.3 Å². The number of hydrogen-bond donors (Lipinski definition) is 2. The number of benzene rings is 1. The molecule has 0 spiro atoms. The molecule has 2 aliphatic rings. The second-order valence-electron chi connectivity index (χ2n) is 6.46. The molecule has 0 amide bonds. The Hall–Kier alpha value is -1.06. The van der Waals surface area contributed by atoms with Crippen molar-refractivity contribution >= 4 is 0 Å². The predicted octanol–water partition coefficient (Wildman–Crippen LogP) is 2.35. The van der Waals surface area contributed by atoms with Crippen LogP contribution in [0.5, 0.6) is 5.75 Å². The minimum absolute atomic E-state index is 0.276. The Labute approximate surface area is 115 Å². The molecule has 3 nitrogen and oxygen atoms in total. The van der Waals surface area contributed by atoms with Crippen molar-refractivity contribution in [1.29, 1.82) is 0 Å². The van der Waals surface area contributed by atoms with Gasteiger partial charge in [0.15, 0.2) is 0 Å². The van der Waals surface area contributed by atoms with Gasteiger partial charge in [-0.3, -0.25) is 4.90 Å². The van der Waals surface area contributed by atoms with Crippen molar-refractivity contribution < 1.29 is 5.11 Å². The van der Waals surface area contributed by atoms with Crippen molar-refractivity contribution in [3.05, 3.63) is 29.8 Å². The number of phenolic OH excluding ortho intramolecular Hbond substituents is 1. The molecular formula is C16H24N2O. The van der Waals surface area contributed by atoms with E-state index in [-0.39, 0.29) is 5.54 Å². The first-order valence-corrected chi connectivity index (χ1v) is 7.34. The van der Waals surface area contributed by atoms with Crippen molar-refractivity contribution in [2.24, 2.45) is 5.92 Å². The van der Waals surface area contributed by atoms with Gasteiger partial charge in [-0.1, -0.05) is 12.1 Å². The Balaban J connectivity index is 1.79. The van der Waals surface area contributed by atoms with Crippen LogP contribution in [0.15, 0.2) is 24.3 Å². The average Bonchev–Trinajstić information content (AvgIpc) is 3.18. The summed E-state index contributed by atoms with van der Waals surface area (Å²) >= 11 is 0. The van der Waals surface area contributed by atoms with Gasteiger partial charge in [0.25, 0.3) is 0 Å². The minimum atomic E-state index is 0.276. The van der Waals surface area contributed by atoms with Gasteiger partial charge in [0.1, 0.15) is 5.75 Å². The molecule has 0 bridgehead atoms. The fourth-order valence-corrected chi connectivity index (χ4v) is 3.32. The zero-order valence-electron chi connectivity index (χ0n) is 11.9. The summed E-state index contributed by atoms with van der Waals surface area (Å²) in [6.45, 7) is 7.75. The number of piperazine rings is 1. The Bertz CT molecular complexity index is 458. The second-order valence-corrected chi connectivity index (χ2v) is 6.46. The van der Waals surface area contributed by atoms with Crippen molar-refractivity contribution in [3.63, 3.8) is 0 Å². The normalized spacial score (nSPS) is 32.4. The molecule has 3 heteroatoms. The summed E-state index contributed by atoms with van der Waals surface area (Å²) in [5.41, 5.74) is 1.49. The molecule has 0 aromatic heterocycles. The summed E-state index contributed by atoms with van der Waals surface area (Å²) in [4.78, 5) is 2.61. The Kier molecular flexibility index (Phi) is 3.27. The zero-order chi connectivity index (χ0) is 13.5. The van der Waals surface area contributed by atoms with Crippen LogP contribution in [0, 0.1) is 5.92 Å². The lowest BCUT2D eigenvalue weighted by molar-refractivity contribution is 0.0311. The Morgan fingerprint density at radius 3 is 2.89 bits per heavy atom. The molecule has 2 unspecified atom stereocenters.